The van der Waals surface area contributed by atoms with Crippen LogP contribution in [0.1, 0.15) is 59.8 Å². The van der Waals surface area contributed by atoms with Gasteiger partial charge >= 0.3 is 0 Å². The summed E-state index contributed by atoms with van der Waals surface area (Å²) in [5.74, 6) is 4.77. The molecular formula is C16H28. The average molecular weight is 220 g/mol. The Morgan fingerprint density at radius 1 is 1.31 bits per heavy atom. The van der Waals surface area contributed by atoms with Crippen LogP contribution in [-0.4, -0.2) is 0 Å². The first-order chi connectivity index (χ1) is 7.63. The van der Waals surface area contributed by atoms with E-state index < -0.39 is 0 Å². The van der Waals surface area contributed by atoms with Gasteiger partial charge in [0.2, 0.25) is 0 Å². The van der Waals surface area contributed by atoms with Gasteiger partial charge in [-0.2, -0.15) is 0 Å². The van der Waals surface area contributed by atoms with Crippen molar-refractivity contribution in [1.29, 1.82) is 0 Å². The van der Waals surface area contributed by atoms with E-state index in [2.05, 4.69) is 33.8 Å². The van der Waals surface area contributed by atoms with Crippen LogP contribution in [0.5, 0.6) is 0 Å². The molecule has 0 nitrogen and oxygen atoms in total. The Morgan fingerprint density at radius 3 is 2.75 bits per heavy atom. The van der Waals surface area contributed by atoms with Crippen molar-refractivity contribution in [3.05, 3.63) is 11.6 Å². The molecule has 16 heavy (non-hydrogen) atoms. The zero-order chi connectivity index (χ0) is 11.7. The van der Waals surface area contributed by atoms with Gasteiger partial charge in [-0.1, -0.05) is 45.3 Å². The summed E-state index contributed by atoms with van der Waals surface area (Å²) in [7, 11) is 0. The van der Waals surface area contributed by atoms with Crippen molar-refractivity contribution >= 4 is 0 Å². The standard InChI is InChI=1S/C16H28/c1-5-12(3)14-9-7-13(4)15-8-6-11(2)10-16(14)15/h10,12-16H,5-9H2,1-4H3/t12?,13-,14?,15+,16-/m1/s1. The van der Waals surface area contributed by atoms with E-state index in [1.165, 1.54) is 32.1 Å². The lowest BCUT2D eigenvalue weighted by molar-refractivity contribution is 0.0817. The van der Waals surface area contributed by atoms with Crippen molar-refractivity contribution in [1.82, 2.24) is 0 Å². The first kappa shape index (κ1) is 12.2. The fourth-order valence-electron chi connectivity index (χ4n) is 4.06. The predicted molar refractivity (Wildman–Crippen MR) is 71.3 cm³/mol. The van der Waals surface area contributed by atoms with Crippen LogP contribution < -0.4 is 0 Å². The van der Waals surface area contributed by atoms with Gasteiger partial charge in [0.1, 0.15) is 0 Å². The van der Waals surface area contributed by atoms with Gasteiger partial charge in [-0.05, 0) is 55.8 Å². The van der Waals surface area contributed by atoms with E-state index in [-0.39, 0.29) is 0 Å². The monoisotopic (exact) mass is 220 g/mol. The van der Waals surface area contributed by atoms with Crippen LogP contribution in [0.15, 0.2) is 11.6 Å². The molecule has 2 aliphatic carbocycles. The molecule has 0 radical (unpaired) electrons. The van der Waals surface area contributed by atoms with E-state index in [9.17, 15) is 0 Å². The average Bonchev–Trinajstić information content (AvgIpc) is 2.28. The van der Waals surface area contributed by atoms with Crippen LogP contribution >= 0.6 is 0 Å². The van der Waals surface area contributed by atoms with E-state index in [0.29, 0.717) is 0 Å². The molecule has 0 aromatic rings. The first-order valence-electron chi connectivity index (χ1n) is 7.30. The summed E-state index contributed by atoms with van der Waals surface area (Å²) < 4.78 is 0. The molecule has 5 atom stereocenters. The number of allylic oxidation sites excluding steroid dienone is 2. The molecular weight excluding hydrogens is 192 g/mol. The summed E-state index contributed by atoms with van der Waals surface area (Å²) in [6, 6.07) is 0. The van der Waals surface area contributed by atoms with Gasteiger partial charge in [-0.25, -0.2) is 0 Å². The lowest BCUT2D eigenvalue weighted by Crippen LogP contribution is -2.37. The molecule has 92 valence electrons. The molecule has 0 aromatic carbocycles. The van der Waals surface area contributed by atoms with Crippen molar-refractivity contribution in [3.8, 4) is 0 Å². The fraction of sp³-hybridized carbons (Fsp3) is 0.875. The Hall–Kier alpha value is -0.260. The molecule has 0 bridgehead atoms. The van der Waals surface area contributed by atoms with Crippen LogP contribution in [0.2, 0.25) is 0 Å². The largest absolute Gasteiger partial charge is 0.0819 e. The van der Waals surface area contributed by atoms with Crippen molar-refractivity contribution in [2.45, 2.75) is 59.8 Å². The van der Waals surface area contributed by atoms with Crippen molar-refractivity contribution in [2.24, 2.45) is 29.6 Å². The minimum Gasteiger partial charge on any atom is -0.0819 e. The second kappa shape index (κ2) is 4.94. The molecule has 0 saturated heterocycles. The SMILES string of the molecule is CCC(C)C1CC[C@@H](C)[C@@H]2CCC(C)=C[C@H]12. The minimum atomic E-state index is 0.910. The molecule has 0 spiro atoms. The van der Waals surface area contributed by atoms with Crippen molar-refractivity contribution < 1.29 is 0 Å². The van der Waals surface area contributed by atoms with Crippen LogP contribution in [0, 0.1) is 29.6 Å². The molecule has 0 aromatic heterocycles. The maximum atomic E-state index is 2.64. The number of rotatable bonds is 2. The van der Waals surface area contributed by atoms with Crippen LogP contribution in [0.25, 0.3) is 0 Å². The molecule has 2 aliphatic rings. The zero-order valence-electron chi connectivity index (χ0n) is 11.5. The Bertz CT molecular complexity index is 263. The third-order valence-corrected chi connectivity index (χ3v) is 5.40. The maximum Gasteiger partial charge on any atom is -0.0169 e. The summed E-state index contributed by atoms with van der Waals surface area (Å²) in [5, 5.41) is 0. The van der Waals surface area contributed by atoms with Gasteiger partial charge in [-0.3, -0.25) is 0 Å². The highest BCUT2D eigenvalue weighted by Crippen LogP contribution is 2.48. The van der Waals surface area contributed by atoms with E-state index in [4.69, 9.17) is 0 Å². The summed E-state index contributed by atoms with van der Waals surface area (Å²) in [4.78, 5) is 0. The molecule has 0 aliphatic heterocycles. The maximum absolute atomic E-state index is 2.64. The molecule has 0 N–H and O–H groups in total. The molecule has 2 rings (SSSR count). The molecule has 0 heteroatoms. The molecule has 0 amide bonds. The van der Waals surface area contributed by atoms with Crippen LogP contribution in [-0.2, 0) is 0 Å². The zero-order valence-corrected chi connectivity index (χ0v) is 11.5. The summed E-state index contributed by atoms with van der Waals surface area (Å²) in [6.45, 7) is 9.65. The Kier molecular flexibility index (Phi) is 3.77. The molecule has 1 fully saturated rings. The Labute approximate surface area is 102 Å². The Morgan fingerprint density at radius 2 is 2.06 bits per heavy atom. The topological polar surface area (TPSA) is 0 Å². The van der Waals surface area contributed by atoms with E-state index >= 15 is 0 Å². The highest BCUT2D eigenvalue weighted by molar-refractivity contribution is 5.11. The second-order valence-corrected chi connectivity index (χ2v) is 6.40. The van der Waals surface area contributed by atoms with Gasteiger partial charge in [0, 0.05) is 0 Å². The van der Waals surface area contributed by atoms with E-state index in [1.807, 2.05) is 0 Å². The van der Waals surface area contributed by atoms with Crippen molar-refractivity contribution in [2.75, 3.05) is 0 Å². The smallest absolute Gasteiger partial charge is 0.0169 e. The second-order valence-electron chi connectivity index (χ2n) is 6.40. The van der Waals surface area contributed by atoms with Gasteiger partial charge in [-0.15, -0.1) is 0 Å². The highest BCUT2D eigenvalue weighted by atomic mass is 14.4. The predicted octanol–water partition coefficient (Wildman–Crippen LogP) is 5.05. The van der Waals surface area contributed by atoms with Crippen LogP contribution in [0.4, 0.5) is 0 Å². The summed E-state index contributed by atoms with van der Waals surface area (Å²) in [6.07, 6.45) is 9.76. The van der Waals surface area contributed by atoms with Gasteiger partial charge < -0.3 is 0 Å². The minimum absolute atomic E-state index is 0.910. The molecule has 1 saturated carbocycles. The summed E-state index contributed by atoms with van der Waals surface area (Å²) >= 11 is 0. The lowest BCUT2D eigenvalue weighted by Gasteiger charge is -2.45. The quantitative estimate of drug-likeness (QED) is 0.571. The Balaban J connectivity index is 2.18. The van der Waals surface area contributed by atoms with Crippen molar-refractivity contribution in [3.63, 3.8) is 0 Å². The normalized spacial score (nSPS) is 41.1. The first-order valence-corrected chi connectivity index (χ1v) is 7.30. The fourth-order valence-corrected chi connectivity index (χ4v) is 4.06. The van der Waals surface area contributed by atoms with Gasteiger partial charge in [0.15, 0.2) is 0 Å². The third kappa shape index (κ3) is 2.21. The van der Waals surface area contributed by atoms with E-state index in [1.54, 1.807) is 5.57 Å². The molecule has 2 unspecified atom stereocenters. The van der Waals surface area contributed by atoms with E-state index in [0.717, 1.165) is 29.6 Å². The molecule has 0 heterocycles. The third-order valence-electron chi connectivity index (χ3n) is 5.40. The number of hydrogen-bond donors (Lipinski definition) is 0. The van der Waals surface area contributed by atoms with Crippen LogP contribution in [0.3, 0.4) is 0 Å². The summed E-state index contributed by atoms with van der Waals surface area (Å²) in [5.41, 5.74) is 1.66. The van der Waals surface area contributed by atoms with Gasteiger partial charge in [0.05, 0.1) is 0 Å². The van der Waals surface area contributed by atoms with Gasteiger partial charge in [0.25, 0.3) is 0 Å². The highest BCUT2D eigenvalue weighted by Gasteiger charge is 2.39. The number of hydrogen-bond acceptors (Lipinski definition) is 0. The number of fused-ring (bicyclic) bond motifs is 1. The lowest BCUT2D eigenvalue weighted by atomic mass is 9.60.